The first-order chi connectivity index (χ1) is 13.3. The number of anilines is 2. The standard InChI is InChI=1S/C21H27N5O/c27-21(25-13-11-24(12-14-25)20-7-4-9-22-16-20)23-15-18-8-10-26(17-18)19-5-2-1-3-6-19/h1-7,9,16,18H,8,10-15,17H2,(H,23,27)/t18-/m1/s1. The Balaban J connectivity index is 1.20. The van der Waals surface area contributed by atoms with Crippen LogP contribution in [0.5, 0.6) is 0 Å². The van der Waals surface area contributed by atoms with Crippen molar-refractivity contribution in [2.24, 2.45) is 5.92 Å². The van der Waals surface area contributed by atoms with Crippen LogP contribution >= 0.6 is 0 Å². The van der Waals surface area contributed by atoms with Gasteiger partial charge in [-0.1, -0.05) is 18.2 Å². The van der Waals surface area contributed by atoms with Crippen molar-refractivity contribution in [3.8, 4) is 0 Å². The number of amides is 2. The Morgan fingerprint density at radius 2 is 1.74 bits per heavy atom. The van der Waals surface area contributed by atoms with Crippen LogP contribution in [0.4, 0.5) is 16.2 Å². The molecule has 1 aromatic heterocycles. The quantitative estimate of drug-likeness (QED) is 0.904. The summed E-state index contributed by atoms with van der Waals surface area (Å²) in [5.41, 5.74) is 2.40. The van der Waals surface area contributed by atoms with Gasteiger partial charge in [0.05, 0.1) is 11.9 Å². The average molecular weight is 365 g/mol. The number of urea groups is 1. The van der Waals surface area contributed by atoms with Gasteiger partial charge in [-0.2, -0.15) is 0 Å². The molecule has 2 aliphatic heterocycles. The highest BCUT2D eigenvalue weighted by Gasteiger charge is 2.25. The summed E-state index contributed by atoms with van der Waals surface area (Å²) in [6.07, 6.45) is 4.80. The third kappa shape index (κ3) is 4.32. The molecule has 0 unspecified atom stereocenters. The second-order valence-electron chi connectivity index (χ2n) is 7.31. The number of carbonyl (C=O) groups excluding carboxylic acids is 1. The predicted octanol–water partition coefficient (Wildman–Crippen LogP) is 2.44. The molecule has 1 N–H and O–H groups in total. The molecule has 3 heterocycles. The van der Waals surface area contributed by atoms with Crippen molar-refractivity contribution in [1.29, 1.82) is 0 Å². The molecule has 142 valence electrons. The monoisotopic (exact) mass is 365 g/mol. The van der Waals surface area contributed by atoms with Crippen LogP contribution in [0, 0.1) is 5.92 Å². The average Bonchev–Trinajstić information content (AvgIpc) is 3.22. The normalized spacial score (nSPS) is 20.0. The first kappa shape index (κ1) is 17.6. The molecular weight excluding hydrogens is 338 g/mol. The fraction of sp³-hybridized carbons (Fsp3) is 0.429. The minimum atomic E-state index is 0.0685. The highest BCUT2D eigenvalue weighted by molar-refractivity contribution is 5.74. The van der Waals surface area contributed by atoms with E-state index in [1.54, 1.807) is 6.20 Å². The van der Waals surface area contributed by atoms with Gasteiger partial charge in [0.15, 0.2) is 0 Å². The molecule has 2 amide bonds. The van der Waals surface area contributed by atoms with Gasteiger partial charge in [0.2, 0.25) is 0 Å². The van der Waals surface area contributed by atoms with Gasteiger partial charge in [0.25, 0.3) is 0 Å². The smallest absolute Gasteiger partial charge is 0.317 e. The van der Waals surface area contributed by atoms with Crippen molar-refractivity contribution in [2.45, 2.75) is 6.42 Å². The lowest BCUT2D eigenvalue weighted by atomic mass is 10.1. The zero-order chi connectivity index (χ0) is 18.5. The van der Waals surface area contributed by atoms with E-state index in [0.29, 0.717) is 5.92 Å². The maximum absolute atomic E-state index is 12.5. The van der Waals surface area contributed by atoms with Gasteiger partial charge in [-0.3, -0.25) is 4.98 Å². The Bertz CT molecular complexity index is 731. The number of carbonyl (C=O) groups is 1. The summed E-state index contributed by atoms with van der Waals surface area (Å²) in [6, 6.07) is 14.6. The maximum atomic E-state index is 12.5. The molecule has 0 aliphatic carbocycles. The van der Waals surface area contributed by atoms with Crippen LogP contribution in [-0.4, -0.2) is 61.7 Å². The summed E-state index contributed by atoms with van der Waals surface area (Å²) >= 11 is 0. The van der Waals surface area contributed by atoms with E-state index in [4.69, 9.17) is 0 Å². The molecule has 1 atom stereocenters. The van der Waals surface area contributed by atoms with E-state index in [1.165, 1.54) is 5.69 Å². The summed E-state index contributed by atoms with van der Waals surface area (Å²) < 4.78 is 0. The predicted molar refractivity (Wildman–Crippen MR) is 108 cm³/mol. The number of para-hydroxylation sites is 1. The van der Waals surface area contributed by atoms with E-state index in [1.807, 2.05) is 23.2 Å². The Morgan fingerprint density at radius 1 is 0.963 bits per heavy atom. The van der Waals surface area contributed by atoms with Crippen LogP contribution in [0.25, 0.3) is 0 Å². The van der Waals surface area contributed by atoms with Crippen molar-refractivity contribution in [3.05, 3.63) is 54.9 Å². The van der Waals surface area contributed by atoms with E-state index >= 15 is 0 Å². The number of rotatable bonds is 4. The van der Waals surface area contributed by atoms with Crippen LogP contribution in [0.2, 0.25) is 0 Å². The van der Waals surface area contributed by atoms with Crippen LogP contribution in [0.1, 0.15) is 6.42 Å². The van der Waals surface area contributed by atoms with Crippen LogP contribution < -0.4 is 15.1 Å². The number of pyridine rings is 1. The van der Waals surface area contributed by atoms with Crippen molar-refractivity contribution < 1.29 is 4.79 Å². The number of hydrogen-bond donors (Lipinski definition) is 1. The van der Waals surface area contributed by atoms with Gasteiger partial charge in [0.1, 0.15) is 0 Å². The molecular formula is C21H27N5O. The van der Waals surface area contributed by atoms with E-state index in [2.05, 4.69) is 50.4 Å². The van der Waals surface area contributed by atoms with E-state index in [9.17, 15) is 4.79 Å². The first-order valence-corrected chi connectivity index (χ1v) is 9.77. The van der Waals surface area contributed by atoms with Crippen molar-refractivity contribution in [3.63, 3.8) is 0 Å². The number of nitrogens with one attached hydrogen (secondary N) is 1. The molecule has 0 spiro atoms. The van der Waals surface area contributed by atoms with Crippen molar-refractivity contribution in [1.82, 2.24) is 15.2 Å². The fourth-order valence-corrected chi connectivity index (χ4v) is 3.92. The Kier molecular flexibility index (Phi) is 5.42. The SMILES string of the molecule is O=C(NC[C@H]1CCN(c2ccccc2)C1)N1CCN(c2cccnc2)CC1. The zero-order valence-corrected chi connectivity index (χ0v) is 15.6. The minimum absolute atomic E-state index is 0.0685. The number of piperazine rings is 1. The molecule has 2 saturated heterocycles. The number of nitrogens with zero attached hydrogens (tertiary/aromatic N) is 4. The van der Waals surface area contributed by atoms with E-state index in [-0.39, 0.29) is 6.03 Å². The largest absolute Gasteiger partial charge is 0.371 e. The minimum Gasteiger partial charge on any atom is -0.371 e. The van der Waals surface area contributed by atoms with Gasteiger partial charge in [-0.15, -0.1) is 0 Å². The highest BCUT2D eigenvalue weighted by Crippen LogP contribution is 2.23. The molecule has 2 aromatic rings. The molecule has 0 radical (unpaired) electrons. The molecule has 27 heavy (non-hydrogen) atoms. The number of benzene rings is 1. The molecule has 2 fully saturated rings. The molecule has 0 saturated carbocycles. The molecule has 0 bridgehead atoms. The van der Waals surface area contributed by atoms with E-state index < -0.39 is 0 Å². The third-order valence-electron chi connectivity index (χ3n) is 5.53. The van der Waals surface area contributed by atoms with Crippen molar-refractivity contribution >= 4 is 17.4 Å². The molecule has 4 rings (SSSR count). The number of hydrogen-bond acceptors (Lipinski definition) is 4. The second-order valence-corrected chi connectivity index (χ2v) is 7.31. The summed E-state index contributed by atoms with van der Waals surface area (Å²) in [6.45, 7) is 6.04. The van der Waals surface area contributed by atoms with Crippen LogP contribution in [0.15, 0.2) is 54.9 Å². The van der Waals surface area contributed by atoms with Gasteiger partial charge < -0.3 is 20.0 Å². The van der Waals surface area contributed by atoms with E-state index in [0.717, 1.165) is 57.9 Å². The summed E-state index contributed by atoms with van der Waals surface area (Å²) in [4.78, 5) is 23.3. The van der Waals surface area contributed by atoms with Gasteiger partial charge in [-0.05, 0) is 36.6 Å². The Morgan fingerprint density at radius 3 is 2.48 bits per heavy atom. The first-order valence-electron chi connectivity index (χ1n) is 9.77. The third-order valence-corrected chi connectivity index (χ3v) is 5.53. The lowest BCUT2D eigenvalue weighted by Crippen LogP contribution is -2.52. The number of aromatic nitrogens is 1. The lowest BCUT2D eigenvalue weighted by molar-refractivity contribution is 0.193. The van der Waals surface area contributed by atoms with Crippen molar-refractivity contribution in [2.75, 3.05) is 55.6 Å². The molecule has 6 nitrogen and oxygen atoms in total. The fourth-order valence-electron chi connectivity index (χ4n) is 3.92. The maximum Gasteiger partial charge on any atom is 0.317 e. The van der Waals surface area contributed by atoms with Crippen LogP contribution in [0.3, 0.4) is 0 Å². The lowest BCUT2D eigenvalue weighted by Gasteiger charge is -2.36. The zero-order valence-electron chi connectivity index (χ0n) is 15.6. The highest BCUT2D eigenvalue weighted by atomic mass is 16.2. The van der Waals surface area contributed by atoms with Crippen LogP contribution in [-0.2, 0) is 0 Å². The molecule has 1 aromatic carbocycles. The summed E-state index contributed by atoms with van der Waals surface area (Å²) in [5.74, 6) is 0.519. The Hall–Kier alpha value is -2.76. The summed E-state index contributed by atoms with van der Waals surface area (Å²) in [5, 5.41) is 3.15. The topological polar surface area (TPSA) is 51.7 Å². The Labute approximate surface area is 160 Å². The summed E-state index contributed by atoms with van der Waals surface area (Å²) in [7, 11) is 0. The van der Waals surface area contributed by atoms with Gasteiger partial charge >= 0.3 is 6.03 Å². The van der Waals surface area contributed by atoms with Gasteiger partial charge in [-0.25, -0.2) is 4.79 Å². The second kappa shape index (κ2) is 8.29. The molecule has 2 aliphatic rings. The van der Waals surface area contributed by atoms with Gasteiger partial charge in [0, 0.05) is 57.7 Å². The molecule has 6 heteroatoms.